The predicted octanol–water partition coefficient (Wildman–Crippen LogP) is 1.40. The Morgan fingerprint density at radius 1 is 1.27 bits per heavy atom. The minimum atomic E-state index is -2.29. The Hall–Kier alpha value is 0.0300. The molecule has 4 nitrogen and oxygen atoms in total. The van der Waals surface area contributed by atoms with E-state index in [2.05, 4.69) is 4.33 Å². The van der Waals surface area contributed by atoms with Crippen LogP contribution in [-0.4, -0.2) is 14.9 Å². The van der Waals surface area contributed by atoms with Crippen molar-refractivity contribution in [2.75, 3.05) is 0 Å². The van der Waals surface area contributed by atoms with E-state index < -0.39 is 11.4 Å². The summed E-state index contributed by atoms with van der Waals surface area (Å²) in [5.74, 6) is 0. The van der Waals surface area contributed by atoms with Crippen molar-refractivity contribution in [3.63, 3.8) is 0 Å². The Morgan fingerprint density at radius 3 is 2.45 bits per heavy atom. The van der Waals surface area contributed by atoms with E-state index in [9.17, 15) is 4.21 Å². The van der Waals surface area contributed by atoms with Gasteiger partial charge in [-0.25, -0.2) is 4.89 Å². The fourth-order valence-electron chi connectivity index (χ4n) is 1.25. The second-order valence-corrected chi connectivity index (χ2v) is 3.21. The molecule has 0 amide bonds. The van der Waals surface area contributed by atoms with Crippen molar-refractivity contribution in [3.05, 3.63) is 0 Å². The van der Waals surface area contributed by atoms with Gasteiger partial charge in [0.1, 0.15) is 0 Å². The van der Waals surface area contributed by atoms with E-state index in [1.165, 1.54) is 6.42 Å². The van der Waals surface area contributed by atoms with Gasteiger partial charge < -0.3 is 0 Å². The van der Waals surface area contributed by atoms with Crippen LogP contribution >= 0.6 is 0 Å². The van der Waals surface area contributed by atoms with Crippen LogP contribution < -0.4 is 0 Å². The summed E-state index contributed by atoms with van der Waals surface area (Å²) in [7, 11) is 0. The van der Waals surface area contributed by atoms with Crippen LogP contribution in [0, 0.1) is 0 Å². The summed E-state index contributed by atoms with van der Waals surface area (Å²) < 4.78 is 22.3. The van der Waals surface area contributed by atoms with E-state index in [1.54, 1.807) is 0 Å². The first-order chi connectivity index (χ1) is 5.29. The molecule has 0 heterocycles. The van der Waals surface area contributed by atoms with Crippen molar-refractivity contribution in [3.8, 4) is 0 Å². The van der Waals surface area contributed by atoms with Gasteiger partial charge in [-0.2, -0.15) is 4.21 Å². The van der Waals surface area contributed by atoms with Crippen LogP contribution in [0.4, 0.5) is 0 Å². The van der Waals surface area contributed by atoms with Crippen LogP contribution in [0.5, 0.6) is 0 Å². The molecule has 1 rings (SSSR count). The molecule has 1 aliphatic rings. The maximum absolute atomic E-state index is 10.0. The van der Waals surface area contributed by atoms with Gasteiger partial charge in [0.25, 0.3) is 0 Å². The van der Waals surface area contributed by atoms with Gasteiger partial charge in [0, 0.05) is 0 Å². The van der Waals surface area contributed by atoms with Gasteiger partial charge in [-0.15, -0.1) is 4.33 Å². The Labute approximate surface area is 68.3 Å². The molecule has 0 bridgehead atoms. The van der Waals surface area contributed by atoms with E-state index in [0.29, 0.717) is 0 Å². The van der Waals surface area contributed by atoms with Gasteiger partial charge in [0.2, 0.25) is 0 Å². The standard InChI is InChI=1S/C6H12O4S/c7-11(8)10-9-6-4-2-1-3-5-6/h6H,1-5H2,(H,7,8). The molecule has 1 aliphatic carbocycles. The topological polar surface area (TPSA) is 55.8 Å². The molecule has 0 aromatic carbocycles. The lowest BCUT2D eigenvalue weighted by Gasteiger charge is -2.18. The summed E-state index contributed by atoms with van der Waals surface area (Å²) in [4.78, 5) is 4.69. The van der Waals surface area contributed by atoms with Crippen LogP contribution in [-0.2, 0) is 20.6 Å². The van der Waals surface area contributed by atoms with Gasteiger partial charge in [0.05, 0.1) is 6.10 Å². The molecule has 0 aromatic rings. The van der Waals surface area contributed by atoms with Crippen LogP contribution in [0.3, 0.4) is 0 Å². The van der Waals surface area contributed by atoms with Crippen molar-refractivity contribution in [1.29, 1.82) is 0 Å². The van der Waals surface area contributed by atoms with E-state index in [-0.39, 0.29) is 6.10 Å². The summed E-state index contributed by atoms with van der Waals surface area (Å²) in [6.45, 7) is 0. The van der Waals surface area contributed by atoms with Gasteiger partial charge in [0.15, 0.2) is 0 Å². The average molecular weight is 180 g/mol. The van der Waals surface area contributed by atoms with Crippen molar-refractivity contribution < 1.29 is 18.0 Å². The molecular weight excluding hydrogens is 168 g/mol. The largest absolute Gasteiger partial charge is 0.331 e. The zero-order valence-electron chi connectivity index (χ0n) is 6.19. The third-order valence-corrected chi connectivity index (χ3v) is 1.98. The van der Waals surface area contributed by atoms with Crippen molar-refractivity contribution in [1.82, 2.24) is 0 Å². The minimum Gasteiger partial charge on any atom is -0.282 e. The molecule has 1 unspecified atom stereocenters. The third kappa shape index (κ3) is 3.81. The summed E-state index contributed by atoms with van der Waals surface area (Å²) in [6, 6.07) is 0. The van der Waals surface area contributed by atoms with Gasteiger partial charge in [-0.3, -0.25) is 4.55 Å². The van der Waals surface area contributed by atoms with E-state index >= 15 is 0 Å². The molecule has 0 radical (unpaired) electrons. The first kappa shape index (κ1) is 9.12. The Morgan fingerprint density at radius 2 is 1.91 bits per heavy atom. The molecular formula is C6H12O4S. The quantitative estimate of drug-likeness (QED) is 0.405. The maximum Gasteiger partial charge on any atom is 0.331 e. The molecule has 66 valence electrons. The first-order valence-corrected chi connectivity index (χ1v) is 4.77. The number of rotatable bonds is 3. The molecule has 1 atom stereocenters. The minimum absolute atomic E-state index is 0.0137. The highest BCUT2D eigenvalue weighted by atomic mass is 32.2. The Bertz CT molecular complexity index is 133. The molecule has 0 aliphatic heterocycles. The summed E-state index contributed by atoms with van der Waals surface area (Å²) in [5, 5.41) is 0. The number of hydrogen-bond donors (Lipinski definition) is 1. The number of hydrogen-bond acceptors (Lipinski definition) is 3. The lowest BCUT2D eigenvalue weighted by Crippen LogP contribution is -2.17. The second-order valence-electron chi connectivity index (χ2n) is 2.64. The van der Waals surface area contributed by atoms with Gasteiger partial charge >= 0.3 is 11.4 Å². The SMILES string of the molecule is O=S(O)OOC1CCCCC1. The van der Waals surface area contributed by atoms with Crippen LogP contribution in [0.15, 0.2) is 0 Å². The first-order valence-electron chi connectivity index (χ1n) is 3.73. The van der Waals surface area contributed by atoms with Crippen molar-refractivity contribution >= 4 is 11.4 Å². The van der Waals surface area contributed by atoms with E-state index in [1.807, 2.05) is 0 Å². The maximum atomic E-state index is 10.0. The average Bonchev–Trinajstić information content (AvgIpc) is 2.03. The molecule has 11 heavy (non-hydrogen) atoms. The summed E-state index contributed by atoms with van der Waals surface area (Å²) in [6.07, 6.45) is 5.33. The highest BCUT2D eigenvalue weighted by Crippen LogP contribution is 2.20. The highest BCUT2D eigenvalue weighted by Gasteiger charge is 2.15. The van der Waals surface area contributed by atoms with Crippen LogP contribution in [0.2, 0.25) is 0 Å². The Kier molecular flexibility index (Phi) is 3.99. The molecule has 0 spiro atoms. The molecule has 1 N–H and O–H groups in total. The summed E-state index contributed by atoms with van der Waals surface area (Å²) >= 11 is -2.29. The van der Waals surface area contributed by atoms with Gasteiger partial charge in [-0.1, -0.05) is 19.3 Å². The molecule has 0 saturated heterocycles. The zero-order valence-corrected chi connectivity index (χ0v) is 7.01. The molecule has 1 fully saturated rings. The zero-order chi connectivity index (χ0) is 8.10. The highest BCUT2D eigenvalue weighted by molar-refractivity contribution is 7.74. The lowest BCUT2D eigenvalue weighted by atomic mass is 9.98. The molecule has 5 heteroatoms. The Balaban J connectivity index is 2.09. The smallest absolute Gasteiger partial charge is 0.282 e. The van der Waals surface area contributed by atoms with E-state index in [4.69, 9.17) is 9.44 Å². The second kappa shape index (κ2) is 4.82. The normalized spacial score (nSPS) is 23.4. The van der Waals surface area contributed by atoms with Crippen molar-refractivity contribution in [2.45, 2.75) is 38.2 Å². The fraction of sp³-hybridized carbons (Fsp3) is 1.00. The predicted molar refractivity (Wildman–Crippen MR) is 39.8 cm³/mol. The molecule has 1 saturated carbocycles. The third-order valence-electron chi connectivity index (χ3n) is 1.79. The van der Waals surface area contributed by atoms with Crippen molar-refractivity contribution in [2.24, 2.45) is 0 Å². The fourth-order valence-corrected chi connectivity index (χ4v) is 1.43. The van der Waals surface area contributed by atoms with E-state index in [0.717, 1.165) is 25.7 Å². The van der Waals surface area contributed by atoms with Crippen LogP contribution in [0.25, 0.3) is 0 Å². The van der Waals surface area contributed by atoms with Gasteiger partial charge in [-0.05, 0) is 12.8 Å². The molecule has 0 aromatic heterocycles. The monoisotopic (exact) mass is 180 g/mol. The lowest BCUT2D eigenvalue weighted by molar-refractivity contribution is -0.247. The summed E-state index contributed by atoms with van der Waals surface area (Å²) in [5.41, 5.74) is 0. The van der Waals surface area contributed by atoms with Crippen LogP contribution in [0.1, 0.15) is 32.1 Å².